The van der Waals surface area contributed by atoms with E-state index in [1.165, 1.54) is 32.1 Å². The third-order valence-electron chi connectivity index (χ3n) is 4.23. The summed E-state index contributed by atoms with van der Waals surface area (Å²) in [5.41, 5.74) is 6.49. The van der Waals surface area contributed by atoms with Crippen molar-refractivity contribution in [3.63, 3.8) is 0 Å². The Morgan fingerprint density at radius 3 is 2.20 bits per heavy atom. The molecule has 0 aromatic heterocycles. The molecule has 1 saturated heterocycles. The van der Waals surface area contributed by atoms with Crippen LogP contribution in [0.4, 0.5) is 0 Å². The minimum Gasteiger partial charge on any atom is -0.380 e. The standard InChI is InChI=1S/C13H25NO/c1-10(2)7-13(8-15-9-13)11-3-5-12(14)6-4-11/h10-12H,3-9,14H2,1-2H3. The lowest BCUT2D eigenvalue weighted by Crippen LogP contribution is -2.50. The van der Waals surface area contributed by atoms with Gasteiger partial charge in [0.1, 0.15) is 0 Å². The van der Waals surface area contributed by atoms with Gasteiger partial charge in [-0.15, -0.1) is 0 Å². The molecule has 2 fully saturated rings. The average molecular weight is 211 g/mol. The second-order valence-corrected chi connectivity index (χ2v) is 6.06. The maximum absolute atomic E-state index is 5.97. The highest BCUT2D eigenvalue weighted by Gasteiger charge is 2.46. The zero-order valence-corrected chi connectivity index (χ0v) is 10.2. The van der Waals surface area contributed by atoms with Crippen molar-refractivity contribution in [3.05, 3.63) is 0 Å². The number of nitrogens with two attached hydrogens (primary N) is 1. The molecular weight excluding hydrogens is 186 g/mol. The number of ether oxygens (including phenoxy) is 1. The van der Waals surface area contributed by atoms with Gasteiger partial charge in [-0.05, 0) is 43.9 Å². The van der Waals surface area contributed by atoms with Crippen molar-refractivity contribution < 1.29 is 4.74 Å². The number of rotatable bonds is 3. The van der Waals surface area contributed by atoms with E-state index in [1.807, 2.05) is 0 Å². The van der Waals surface area contributed by atoms with Crippen molar-refractivity contribution in [1.82, 2.24) is 0 Å². The largest absolute Gasteiger partial charge is 0.380 e. The summed E-state index contributed by atoms with van der Waals surface area (Å²) in [6.07, 6.45) is 6.45. The fraction of sp³-hybridized carbons (Fsp3) is 1.00. The van der Waals surface area contributed by atoms with Crippen LogP contribution >= 0.6 is 0 Å². The summed E-state index contributed by atoms with van der Waals surface area (Å²) in [6, 6.07) is 0.471. The predicted octanol–water partition coefficient (Wildman–Crippen LogP) is 2.57. The van der Waals surface area contributed by atoms with E-state index in [2.05, 4.69) is 13.8 Å². The molecule has 0 spiro atoms. The molecule has 2 heteroatoms. The van der Waals surface area contributed by atoms with Crippen LogP contribution in [-0.4, -0.2) is 19.3 Å². The zero-order valence-electron chi connectivity index (χ0n) is 10.2. The monoisotopic (exact) mass is 211 g/mol. The van der Waals surface area contributed by atoms with Crippen molar-refractivity contribution in [2.45, 2.75) is 52.0 Å². The van der Waals surface area contributed by atoms with Crippen LogP contribution in [0.3, 0.4) is 0 Å². The Hall–Kier alpha value is -0.0800. The van der Waals surface area contributed by atoms with Crippen molar-refractivity contribution in [1.29, 1.82) is 0 Å². The van der Waals surface area contributed by atoms with E-state index in [1.54, 1.807) is 0 Å². The normalized spacial score (nSPS) is 35.2. The van der Waals surface area contributed by atoms with Gasteiger partial charge < -0.3 is 10.5 Å². The van der Waals surface area contributed by atoms with Gasteiger partial charge in [-0.3, -0.25) is 0 Å². The van der Waals surface area contributed by atoms with E-state index in [0.29, 0.717) is 11.5 Å². The Balaban J connectivity index is 1.94. The lowest BCUT2D eigenvalue weighted by Gasteiger charge is -2.50. The maximum atomic E-state index is 5.97. The topological polar surface area (TPSA) is 35.2 Å². The smallest absolute Gasteiger partial charge is 0.0547 e. The highest BCUT2D eigenvalue weighted by Crippen LogP contribution is 2.47. The highest BCUT2D eigenvalue weighted by atomic mass is 16.5. The molecular formula is C13H25NO. The predicted molar refractivity (Wildman–Crippen MR) is 62.6 cm³/mol. The lowest BCUT2D eigenvalue weighted by atomic mass is 9.63. The van der Waals surface area contributed by atoms with E-state index in [9.17, 15) is 0 Å². The fourth-order valence-electron chi connectivity index (χ4n) is 3.43. The molecule has 1 heterocycles. The van der Waals surface area contributed by atoms with E-state index >= 15 is 0 Å². The quantitative estimate of drug-likeness (QED) is 0.778. The van der Waals surface area contributed by atoms with Crippen LogP contribution in [0.25, 0.3) is 0 Å². The summed E-state index contributed by atoms with van der Waals surface area (Å²) in [5, 5.41) is 0. The molecule has 2 rings (SSSR count). The van der Waals surface area contributed by atoms with Crippen LogP contribution < -0.4 is 5.73 Å². The molecule has 0 aromatic rings. The zero-order chi connectivity index (χ0) is 10.9. The Morgan fingerprint density at radius 1 is 1.20 bits per heavy atom. The molecule has 15 heavy (non-hydrogen) atoms. The van der Waals surface area contributed by atoms with Crippen LogP contribution in [0.15, 0.2) is 0 Å². The first-order chi connectivity index (χ1) is 7.12. The molecule has 0 unspecified atom stereocenters. The molecule has 0 amide bonds. The molecule has 0 atom stereocenters. The van der Waals surface area contributed by atoms with Crippen LogP contribution in [-0.2, 0) is 4.74 Å². The third kappa shape index (κ3) is 2.36. The fourth-order valence-corrected chi connectivity index (χ4v) is 3.43. The minimum atomic E-state index is 0.471. The number of hydrogen-bond acceptors (Lipinski definition) is 2. The van der Waals surface area contributed by atoms with Gasteiger partial charge in [0.2, 0.25) is 0 Å². The second kappa shape index (κ2) is 4.42. The molecule has 1 aliphatic heterocycles. The summed E-state index contributed by atoms with van der Waals surface area (Å²) in [4.78, 5) is 0. The molecule has 0 bridgehead atoms. The second-order valence-electron chi connectivity index (χ2n) is 6.06. The van der Waals surface area contributed by atoms with Gasteiger partial charge in [0.25, 0.3) is 0 Å². The summed E-state index contributed by atoms with van der Waals surface area (Å²) in [5.74, 6) is 1.68. The Kier molecular flexibility index (Phi) is 3.36. The molecule has 2 N–H and O–H groups in total. The molecule has 0 radical (unpaired) electrons. The van der Waals surface area contributed by atoms with Gasteiger partial charge in [0.15, 0.2) is 0 Å². The Bertz CT molecular complexity index is 203. The molecule has 2 nitrogen and oxygen atoms in total. The van der Waals surface area contributed by atoms with Gasteiger partial charge >= 0.3 is 0 Å². The first-order valence-electron chi connectivity index (χ1n) is 6.46. The van der Waals surface area contributed by atoms with Crippen molar-refractivity contribution in [2.24, 2.45) is 23.0 Å². The molecule has 1 aliphatic carbocycles. The average Bonchev–Trinajstić information content (AvgIpc) is 2.13. The number of hydrogen-bond donors (Lipinski definition) is 1. The van der Waals surface area contributed by atoms with E-state index in [0.717, 1.165) is 25.0 Å². The SMILES string of the molecule is CC(C)CC1(C2CCC(N)CC2)COC1. The van der Waals surface area contributed by atoms with Crippen molar-refractivity contribution in [2.75, 3.05) is 13.2 Å². The van der Waals surface area contributed by atoms with Crippen LogP contribution in [0, 0.1) is 17.3 Å². The van der Waals surface area contributed by atoms with E-state index in [-0.39, 0.29) is 0 Å². The van der Waals surface area contributed by atoms with Crippen LogP contribution in [0.1, 0.15) is 46.0 Å². The lowest BCUT2D eigenvalue weighted by molar-refractivity contribution is -0.162. The van der Waals surface area contributed by atoms with Gasteiger partial charge in [0, 0.05) is 11.5 Å². The first-order valence-corrected chi connectivity index (χ1v) is 6.46. The van der Waals surface area contributed by atoms with Crippen LogP contribution in [0.5, 0.6) is 0 Å². The summed E-state index contributed by atoms with van der Waals surface area (Å²) >= 11 is 0. The molecule has 0 aromatic carbocycles. The Morgan fingerprint density at radius 2 is 1.80 bits per heavy atom. The first kappa shape index (κ1) is 11.4. The molecule has 2 aliphatic rings. The van der Waals surface area contributed by atoms with E-state index in [4.69, 9.17) is 10.5 Å². The van der Waals surface area contributed by atoms with Crippen LogP contribution in [0.2, 0.25) is 0 Å². The Labute approximate surface area is 93.6 Å². The molecule has 88 valence electrons. The van der Waals surface area contributed by atoms with Gasteiger partial charge in [0.05, 0.1) is 13.2 Å². The summed E-state index contributed by atoms with van der Waals surface area (Å²) in [7, 11) is 0. The maximum Gasteiger partial charge on any atom is 0.0547 e. The van der Waals surface area contributed by atoms with Gasteiger partial charge in [-0.2, -0.15) is 0 Å². The summed E-state index contributed by atoms with van der Waals surface area (Å²) in [6.45, 7) is 6.67. The summed E-state index contributed by atoms with van der Waals surface area (Å²) < 4.78 is 5.49. The van der Waals surface area contributed by atoms with Crippen molar-refractivity contribution in [3.8, 4) is 0 Å². The van der Waals surface area contributed by atoms with Gasteiger partial charge in [-0.25, -0.2) is 0 Å². The van der Waals surface area contributed by atoms with E-state index < -0.39 is 0 Å². The minimum absolute atomic E-state index is 0.471. The van der Waals surface area contributed by atoms with Gasteiger partial charge in [-0.1, -0.05) is 13.8 Å². The third-order valence-corrected chi connectivity index (χ3v) is 4.23. The van der Waals surface area contributed by atoms with Crippen molar-refractivity contribution >= 4 is 0 Å². The highest BCUT2D eigenvalue weighted by molar-refractivity contribution is 4.94. The molecule has 1 saturated carbocycles.